The van der Waals surface area contributed by atoms with Crippen LogP contribution in [0.3, 0.4) is 0 Å². The first-order valence-electron chi connectivity index (χ1n) is 10.9. The van der Waals surface area contributed by atoms with Crippen LogP contribution in [0.4, 0.5) is 13.6 Å². The summed E-state index contributed by atoms with van der Waals surface area (Å²) >= 11 is 5.73. The smallest absolute Gasteiger partial charge is 0.315 e. The number of urea groups is 1. The quantitative estimate of drug-likeness (QED) is 0.521. The Bertz CT molecular complexity index is 1320. The van der Waals surface area contributed by atoms with Gasteiger partial charge < -0.3 is 10.6 Å². The summed E-state index contributed by atoms with van der Waals surface area (Å²) in [4.78, 5) is 35.5. The van der Waals surface area contributed by atoms with Crippen LogP contribution in [0.15, 0.2) is 53.8 Å². The molecule has 1 aliphatic heterocycles. The van der Waals surface area contributed by atoms with Crippen LogP contribution in [-0.4, -0.2) is 49.5 Å². The number of hydrogen-bond donors (Lipinski definition) is 2. The lowest BCUT2D eigenvalue weighted by Crippen LogP contribution is -2.44. The zero-order valence-corrected chi connectivity index (χ0v) is 19.1. The minimum atomic E-state index is -0.724. The Hall–Kier alpha value is -3.86. The minimum Gasteiger partial charge on any atom is -0.331 e. The topological polar surface area (TPSA) is 105 Å². The van der Waals surface area contributed by atoms with Gasteiger partial charge in [0.25, 0.3) is 5.91 Å². The van der Waals surface area contributed by atoms with Gasteiger partial charge in [0.15, 0.2) is 5.82 Å². The van der Waals surface area contributed by atoms with Crippen LogP contribution < -0.4 is 10.6 Å². The molecule has 0 atom stereocenters. The fourth-order valence-corrected chi connectivity index (χ4v) is 3.96. The molecule has 0 unspecified atom stereocenters. The lowest BCUT2D eigenvalue weighted by molar-refractivity contribution is -0.128. The Labute approximate surface area is 203 Å². The Morgan fingerprint density at radius 2 is 1.83 bits per heavy atom. The van der Waals surface area contributed by atoms with E-state index in [0.717, 1.165) is 5.56 Å². The van der Waals surface area contributed by atoms with Gasteiger partial charge in [-0.05, 0) is 42.7 Å². The molecule has 2 aliphatic rings. The predicted molar refractivity (Wildman–Crippen MR) is 123 cm³/mol. The van der Waals surface area contributed by atoms with Gasteiger partial charge in [0.2, 0.25) is 0 Å². The maximum Gasteiger partial charge on any atom is 0.315 e. The molecule has 0 bridgehead atoms. The molecule has 2 heterocycles. The van der Waals surface area contributed by atoms with Crippen molar-refractivity contribution in [3.8, 4) is 5.69 Å². The van der Waals surface area contributed by atoms with Crippen LogP contribution in [-0.2, 0) is 17.9 Å². The molecule has 12 heteroatoms. The van der Waals surface area contributed by atoms with E-state index in [2.05, 4.69) is 25.7 Å². The molecule has 2 N–H and O–H groups in total. The average molecular weight is 500 g/mol. The standard InChI is InChI=1S/C23H20ClF2N7O2/c24-17-6-5-16(9-18(17)26)33-19(29-13-30-33)10-27-22(35)28-11-20-31-23(7-8-23)21(34)32(20)12-14-1-3-15(25)4-2-14/h1-6,9,13H,7-8,10-12H2,(H2,27,28,35). The third-order valence-corrected chi connectivity index (χ3v) is 6.16. The Kier molecular flexibility index (Phi) is 5.93. The molecule has 1 saturated carbocycles. The molecule has 35 heavy (non-hydrogen) atoms. The van der Waals surface area contributed by atoms with Crippen molar-refractivity contribution in [1.29, 1.82) is 0 Å². The fraction of sp³-hybridized carbons (Fsp3) is 0.261. The fourth-order valence-electron chi connectivity index (χ4n) is 3.84. The van der Waals surface area contributed by atoms with Crippen molar-refractivity contribution in [2.24, 2.45) is 4.99 Å². The number of amidine groups is 1. The number of benzene rings is 2. The molecule has 2 aromatic carbocycles. The van der Waals surface area contributed by atoms with Gasteiger partial charge in [0.1, 0.15) is 29.3 Å². The molecule has 1 aliphatic carbocycles. The summed E-state index contributed by atoms with van der Waals surface area (Å²) in [7, 11) is 0. The molecule has 1 aromatic heterocycles. The number of hydrogen-bond acceptors (Lipinski definition) is 5. The SMILES string of the molecule is O=C(NCC1=NC2(CC2)C(=O)N1Cc1ccc(F)cc1)NCc1ncnn1-c1ccc(Cl)c(F)c1. The number of rotatable bonds is 7. The van der Waals surface area contributed by atoms with E-state index in [4.69, 9.17) is 11.6 Å². The third-order valence-electron chi connectivity index (χ3n) is 5.86. The maximum atomic E-state index is 13.8. The van der Waals surface area contributed by atoms with Crippen molar-refractivity contribution in [2.75, 3.05) is 6.54 Å². The van der Waals surface area contributed by atoms with Gasteiger partial charge in [-0.15, -0.1) is 0 Å². The number of carbonyl (C=O) groups is 2. The van der Waals surface area contributed by atoms with Gasteiger partial charge in [-0.25, -0.2) is 23.2 Å². The lowest BCUT2D eigenvalue weighted by Gasteiger charge is -2.20. The Morgan fingerprint density at radius 3 is 2.54 bits per heavy atom. The van der Waals surface area contributed by atoms with E-state index >= 15 is 0 Å². The van der Waals surface area contributed by atoms with Crippen molar-refractivity contribution in [1.82, 2.24) is 30.3 Å². The molecule has 3 aromatic rings. The number of amides is 3. The van der Waals surface area contributed by atoms with E-state index in [1.165, 1.54) is 40.2 Å². The molecule has 180 valence electrons. The molecular weight excluding hydrogens is 480 g/mol. The van der Waals surface area contributed by atoms with E-state index in [-0.39, 0.29) is 36.4 Å². The van der Waals surface area contributed by atoms with Gasteiger partial charge in [0, 0.05) is 6.07 Å². The number of aromatic nitrogens is 3. The number of halogens is 3. The molecule has 0 radical (unpaired) electrons. The van der Waals surface area contributed by atoms with Gasteiger partial charge in [-0.2, -0.15) is 5.10 Å². The summed E-state index contributed by atoms with van der Waals surface area (Å²) in [6.45, 7) is 0.296. The van der Waals surface area contributed by atoms with Crippen LogP contribution >= 0.6 is 11.6 Å². The summed E-state index contributed by atoms with van der Waals surface area (Å²) in [5.74, 6) is -0.231. The largest absolute Gasteiger partial charge is 0.331 e. The molecule has 1 spiro atoms. The molecule has 5 rings (SSSR count). The normalized spacial score (nSPS) is 15.9. The highest BCUT2D eigenvalue weighted by Gasteiger charge is 2.57. The van der Waals surface area contributed by atoms with E-state index in [1.54, 1.807) is 18.2 Å². The van der Waals surface area contributed by atoms with Crippen molar-refractivity contribution >= 4 is 29.4 Å². The van der Waals surface area contributed by atoms with Crippen LogP contribution in [0.2, 0.25) is 5.02 Å². The monoisotopic (exact) mass is 499 g/mol. The van der Waals surface area contributed by atoms with Gasteiger partial charge >= 0.3 is 6.03 Å². The average Bonchev–Trinajstić information content (AvgIpc) is 3.40. The first-order chi connectivity index (χ1) is 16.8. The number of aliphatic imine (C=N–C) groups is 1. The maximum absolute atomic E-state index is 13.8. The molecule has 9 nitrogen and oxygen atoms in total. The summed E-state index contributed by atoms with van der Waals surface area (Å²) in [6.07, 6.45) is 2.63. The van der Waals surface area contributed by atoms with Crippen molar-refractivity contribution in [3.05, 3.63) is 76.8 Å². The number of carbonyl (C=O) groups excluding carboxylic acids is 2. The Balaban J connectivity index is 1.20. The van der Waals surface area contributed by atoms with Gasteiger partial charge in [-0.3, -0.25) is 14.7 Å². The van der Waals surface area contributed by atoms with Crippen molar-refractivity contribution < 1.29 is 18.4 Å². The van der Waals surface area contributed by atoms with Gasteiger partial charge in [-0.1, -0.05) is 23.7 Å². The van der Waals surface area contributed by atoms with Crippen LogP contribution in [0.25, 0.3) is 5.69 Å². The third kappa shape index (κ3) is 4.72. The summed E-state index contributed by atoms with van der Waals surface area (Å²) < 4.78 is 28.4. The highest BCUT2D eigenvalue weighted by Crippen LogP contribution is 2.45. The van der Waals surface area contributed by atoms with E-state index in [9.17, 15) is 18.4 Å². The lowest BCUT2D eigenvalue weighted by atomic mass is 10.2. The summed E-state index contributed by atoms with van der Waals surface area (Å²) in [5, 5.41) is 9.43. The highest BCUT2D eigenvalue weighted by atomic mass is 35.5. The van der Waals surface area contributed by atoms with Crippen molar-refractivity contribution in [2.45, 2.75) is 31.5 Å². The molecular formula is C23H20ClF2N7O2. The van der Waals surface area contributed by atoms with Crippen LogP contribution in [0.1, 0.15) is 24.2 Å². The zero-order valence-electron chi connectivity index (χ0n) is 18.3. The van der Waals surface area contributed by atoms with E-state index in [1.807, 2.05) is 0 Å². The molecule has 3 amide bonds. The summed E-state index contributed by atoms with van der Waals surface area (Å²) in [5.41, 5.74) is 0.441. The Morgan fingerprint density at radius 1 is 1.09 bits per heavy atom. The predicted octanol–water partition coefficient (Wildman–Crippen LogP) is 2.97. The zero-order chi connectivity index (χ0) is 24.6. The van der Waals surface area contributed by atoms with Crippen LogP contribution in [0.5, 0.6) is 0 Å². The second kappa shape index (κ2) is 9.06. The number of nitrogens with zero attached hydrogens (tertiary/aromatic N) is 5. The molecule has 1 fully saturated rings. The molecule has 0 saturated heterocycles. The minimum absolute atomic E-state index is 0.0114. The summed E-state index contributed by atoms with van der Waals surface area (Å²) in [6, 6.07) is 9.61. The van der Waals surface area contributed by atoms with Crippen molar-refractivity contribution in [3.63, 3.8) is 0 Å². The number of nitrogens with one attached hydrogen (secondary N) is 2. The van der Waals surface area contributed by atoms with E-state index < -0.39 is 17.4 Å². The second-order valence-electron chi connectivity index (χ2n) is 8.30. The first-order valence-corrected chi connectivity index (χ1v) is 11.2. The second-order valence-corrected chi connectivity index (χ2v) is 8.71. The van der Waals surface area contributed by atoms with E-state index in [0.29, 0.717) is 30.2 Å². The van der Waals surface area contributed by atoms with Crippen LogP contribution in [0, 0.1) is 11.6 Å². The first kappa shape index (κ1) is 22.9. The highest BCUT2D eigenvalue weighted by molar-refractivity contribution is 6.30. The van der Waals surface area contributed by atoms with Gasteiger partial charge in [0.05, 0.1) is 30.3 Å².